The molecule has 0 aromatic heterocycles. The van der Waals surface area contributed by atoms with Crippen molar-refractivity contribution in [3.05, 3.63) is 29.3 Å². The summed E-state index contributed by atoms with van der Waals surface area (Å²) in [6.07, 6.45) is 0. The van der Waals surface area contributed by atoms with Gasteiger partial charge in [-0.15, -0.1) is 0 Å². The van der Waals surface area contributed by atoms with Gasteiger partial charge >= 0.3 is 0 Å². The first-order valence-electron chi connectivity index (χ1n) is 6.28. The van der Waals surface area contributed by atoms with E-state index in [9.17, 15) is 0 Å². The molecule has 0 spiro atoms. The zero-order valence-corrected chi connectivity index (χ0v) is 11.4. The van der Waals surface area contributed by atoms with Crippen LogP contribution in [0.5, 0.6) is 5.75 Å². The van der Waals surface area contributed by atoms with Gasteiger partial charge in [-0.25, -0.2) is 0 Å². The first kappa shape index (κ1) is 15.0. The lowest BCUT2D eigenvalue weighted by Crippen LogP contribution is -2.15. The van der Waals surface area contributed by atoms with E-state index in [2.05, 4.69) is 24.4 Å². The van der Waals surface area contributed by atoms with Gasteiger partial charge in [-0.2, -0.15) is 0 Å². The lowest BCUT2D eigenvalue weighted by atomic mass is 10.1. The number of rotatable bonds is 8. The molecule has 4 nitrogen and oxygen atoms in total. The highest BCUT2D eigenvalue weighted by Gasteiger charge is 2.10. The van der Waals surface area contributed by atoms with Crippen LogP contribution >= 0.6 is 0 Å². The minimum absolute atomic E-state index is 0.0481. The van der Waals surface area contributed by atoms with Crippen molar-refractivity contribution in [2.45, 2.75) is 19.9 Å². The molecule has 0 saturated carbocycles. The molecular weight excluding hydrogens is 230 g/mol. The Hall–Kier alpha value is -1.10. The average molecular weight is 253 g/mol. The summed E-state index contributed by atoms with van der Waals surface area (Å²) in [4.78, 5) is 0. The maximum absolute atomic E-state index is 8.59. The summed E-state index contributed by atoms with van der Waals surface area (Å²) in [7, 11) is 1.93. The van der Waals surface area contributed by atoms with Gasteiger partial charge in [-0.3, -0.25) is 0 Å². The Labute approximate surface area is 109 Å². The summed E-state index contributed by atoms with van der Waals surface area (Å²) >= 11 is 0. The molecule has 1 aromatic carbocycles. The van der Waals surface area contributed by atoms with Crippen LogP contribution in [0.15, 0.2) is 18.2 Å². The van der Waals surface area contributed by atoms with Gasteiger partial charge in [-0.05, 0) is 32.5 Å². The molecule has 0 saturated heterocycles. The number of aliphatic hydroxyl groups excluding tert-OH is 1. The van der Waals surface area contributed by atoms with Gasteiger partial charge in [0.05, 0.1) is 19.8 Å². The Bertz CT molecular complexity index is 355. The van der Waals surface area contributed by atoms with Crippen molar-refractivity contribution < 1.29 is 14.6 Å². The minimum Gasteiger partial charge on any atom is -0.491 e. The number of hydrogen-bond donors (Lipinski definition) is 2. The number of hydrogen-bond acceptors (Lipinski definition) is 4. The van der Waals surface area contributed by atoms with Crippen LogP contribution in [0.1, 0.15) is 24.1 Å². The van der Waals surface area contributed by atoms with Crippen molar-refractivity contribution in [2.75, 3.05) is 33.5 Å². The topological polar surface area (TPSA) is 50.7 Å². The van der Waals surface area contributed by atoms with E-state index in [1.807, 2.05) is 20.0 Å². The Morgan fingerprint density at radius 1 is 1.28 bits per heavy atom. The summed E-state index contributed by atoms with van der Waals surface area (Å²) in [5, 5.41) is 11.8. The molecule has 0 aliphatic heterocycles. The lowest BCUT2D eigenvalue weighted by molar-refractivity contribution is 0.0702. The summed E-state index contributed by atoms with van der Waals surface area (Å²) in [6.45, 7) is 5.53. The predicted molar refractivity (Wildman–Crippen MR) is 72.1 cm³/mol. The fraction of sp³-hybridized carbons (Fsp3) is 0.571. The summed E-state index contributed by atoms with van der Waals surface area (Å²) in [5.74, 6) is 0.893. The molecule has 0 aliphatic carbocycles. The first-order chi connectivity index (χ1) is 8.69. The molecule has 102 valence electrons. The van der Waals surface area contributed by atoms with E-state index in [4.69, 9.17) is 14.6 Å². The van der Waals surface area contributed by atoms with Crippen molar-refractivity contribution in [3.63, 3.8) is 0 Å². The standard InChI is InChI=1S/C14H23NO3/c1-11-4-5-13(12(2)15-3)14(10-11)18-9-8-17-7-6-16/h4-5,10,12,15-16H,6-9H2,1-3H3. The van der Waals surface area contributed by atoms with E-state index in [0.717, 1.165) is 11.3 Å². The van der Waals surface area contributed by atoms with Crippen molar-refractivity contribution in [1.29, 1.82) is 0 Å². The third-order valence-electron chi connectivity index (χ3n) is 2.79. The van der Waals surface area contributed by atoms with Crippen molar-refractivity contribution in [2.24, 2.45) is 0 Å². The SMILES string of the molecule is CNC(C)c1ccc(C)cc1OCCOCCO. The van der Waals surface area contributed by atoms with E-state index < -0.39 is 0 Å². The Balaban J connectivity index is 2.59. The highest BCUT2D eigenvalue weighted by atomic mass is 16.5. The number of ether oxygens (including phenoxy) is 2. The molecule has 1 unspecified atom stereocenters. The van der Waals surface area contributed by atoms with Crippen LogP contribution in [-0.2, 0) is 4.74 Å². The largest absolute Gasteiger partial charge is 0.491 e. The molecule has 1 rings (SSSR count). The summed E-state index contributed by atoms with van der Waals surface area (Å²) in [5.41, 5.74) is 2.32. The van der Waals surface area contributed by atoms with Crippen LogP contribution in [0.3, 0.4) is 0 Å². The zero-order chi connectivity index (χ0) is 13.4. The van der Waals surface area contributed by atoms with Gasteiger partial charge in [0.1, 0.15) is 12.4 Å². The van der Waals surface area contributed by atoms with Crippen LogP contribution < -0.4 is 10.1 Å². The normalized spacial score (nSPS) is 12.4. The fourth-order valence-corrected chi connectivity index (χ4v) is 1.66. The Morgan fingerprint density at radius 3 is 2.72 bits per heavy atom. The summed E-state index contributed by atoms with van der Waals surface area (Å²) in [6, 6.07) is 6.45. The third kappa shape index (κ3) is 4.64. The predicted octanol–water partition coefficient (Wildman–Crippen LogP) is 1.66. The zero-order valence-electron chi connectivity index (χ0n) is 11.4. The third-order valence-corrected chi connectivity index (χ3v) is 2.79. The second-order valence-electron chi connectivity index (χ2n) is 4.24. The van der Waals surface area contributed by atoms with Gasteiger partial charge in [-0.1, -0.05) is 12.1 Å². The molecule has 1 atom stereocenters. The van der Waals surface area contributed by atoms with Crippen LogP contribution in [0.25, 0.3) is 0 Å². The maximum Gasteiger partial charge on any atom is 0.124 e. The van der Waals surface area contributed by atoms with Gasteiger partial charge in [0.15, 0.2) is 0 Å². The van der Waals surface area contributed by atoms with E-state index in [0.29, 0.717) is 19.8 Å². The molecule has 0 heterocycles. The Kier molecular flexibility index (Phi) is 6.72. The second kappa shape index (κ2) is 8.08. The van der Waals surface area contributed by atoms with Crippen molar-refractivity contribution in [3.8, 4) is 5.75 Å². The molecule has 4 heteroatoms. The van der Waals surface area contributed by atoms with Crippen LogP contribution in [0, 0.1) is 6.92 Å². The van der Waals surface area contributed by atoms with E-state index in [1.165, 1.54) is 5.56 Å². The van der Waals surface area contributed by atoms with Crippen molar-refractivity contribution >= 4 is 0 Å². The first-order valence-corrected chi connectivity index (χ1v) is 6.28. The highest BCUT2D eigenvalue weighted by molar-refractivity contribution is 5.39. The number of aliphatic hydroxyl groups is 1. The van der Waals surface area contributed by atoms with Gasteiger partial charge in [0, 0.05) is 11.6 Å². The molecular formula is C14H23NO3. The quantitative estimate of drug-likeness (QED) is 0.692. The minimum atomic E-state index is 0.0481. The van der Waals surface area contributed by atoms with E-state index in [-0.39, 0.29) is 12.6 Å². The molecule has 2 N–H and O–H groups in total. The van der Waals surface area contributed by atoms with E-state index in [1.54, 1.807) is 0 Å². The number of nitrogens with one attached hydrogen (secondary N) is 1. The van der Waals surface area contributed by atoms with Gasteiger partial charge in [0.25, 0.3) is 0 Å². The van der Waals surface area contributed by atoms with E-state index >= 15 is 0 Å². The van der Waals surface area contributed by atoms with Gasteiger partial charge in [0.2, 0.25) is 0 Å². The molecule has 0 radical (unpaired) electrons. The van der Waals surface area contributed by atoms with Crippen LogP contribution in [0.2, 0.25) is 0 Å². The van der Waals surface area contributed by atoms with Gasteiger partial charge < -0.3 is 19.9 Å². The fourth-order valence-electron chi connectivity index (χ4n) is 1.66. The monoisotopic (exact) mass is 253 g/mol. The molecule has 1 aromatic rings. The number of aryl methyl sites for hydroxylation is 1. The average Bonchev–Trinajstić information content (AvgIpc) is 2.38. The molecule has 18 heavy (non-hydrogen) atoms. The Morgan fingerprint density at radius 2 is 2.06 bits per heavy atom. The molecule has 0 fully saturated rings. The lowest BCUT2D eigenvalue weighted by Gasteiger charge is -2.17. The molecule has 0 aliphatic rings. The summed E-state index contributed by atoms with van der Waals surface area (Å²) < 4.78 is 10.9. The van der Waals surface area contributed by atoms with Crippen LogP contribution in [-0.4, -0.2) is 38.6 Å². The smallest absolute Gasteiger partial charge is 0.124 e. The van der Waals surface area contributed by atoms with Crippen molar-refractivity contribution in [1.82, 2.24) is 5.32 Å². The molecule has 0 bridgehead atoms. The highest BCUT2D eigenvalue weighted by Crippen LogP contribution is 2.26. The maximum atomic E-state index is 8.59. The van der Waals surface area contributed by atoms with Crippen LogP contribution in [0.4, 0.5) is 0 Å². The number of benzene rings is 1. The second-order valence-corrected chi connectivity index (χ2v) is 4.24. The molecule has 0 amide bonds.